The van der Waals surface area contributed by atoms with E-state index < -0.39 is 0 Å². The molecule has 1 heterocycles. The number of fused-ring (bicyclic) bond motifs is 1. The van der Waals surface area contributed by atoms with Crippen LogP contribution in [0.3, 0.4) is 0 Å². The van der Waals surface area contributed by atoms with Crippen LogP contribution in [0.15, 0.2) is 40.9 Å². The Kier molecular flexibility index (Phi) is 2.95. The van der Waals surface area contributed by atoms with Gasteiger partial charge in [-0.25, -0.2) is 9.37 Å². The van der Waals surface area contributed by atoms with Crippen LogP contribution in [0.5, 0.6) is 0 Å². The molecule has 2 N–H and O–H groups in total. The second-order valence-electron chi connectivity index (χ2n) is 4.03. The molecule has 2 aromatic carbocycles. The van der Waals surface area contributed by atoms with Gasteiger partial charge in [-0.05, 0) is 46.3 Å². The first kappa shape index (κ1) is 12.4. The highest BCUT2D eigenvalue weighted by molar-refractivity contribution is 9.10. The Morgan fingerprint density at radius 3 is 2.79 bits per heavy atom. The first-order valence-corrected chi connectivity index (χ1v) is 6.62. The van der Waals surface area contributed by atoms with Gasteiger partial charge < -0.3 is 5.73 Å². The van der Waals surface area contributed by atoms with Crippen LogP contribution >= 0.6 is 27.5 Å². The average Bonchev–Trinajstić information content (AvgIpc) is 2.67. The number of imidazole rings is 1. The molecule has 0 amide bonds. The molecule has 3 aromatic rings. The number of nitrogens with two attached hydrogens (primary N) is 1. The standard InChI is InChI=1S/C13H8BrClFN3/c14-9-3-1-7(15)5-12(9)19-11-4-2-8(16)6-10(11)18-13(19)17/h1-6H,(H2,17,18). The van der Waals surface area contributed by atoms with Gasteiger partial charge >= 0.3 is 0 Å². The first-order valence-electron chi connectivity index (χ1n) is 5.45. The maximum Gasteiger partial charge on any atom is 0.205 e. The van der Waals surface area contributed by atoms with E-state index in [4.69, 9.17) is 17.3 Å². The van der Waals surface area contributed by atoms with Gasteiger partial charge in [0.05, 0.1) is 16.7 Å². The van der Waals surface area contributed by atoms with Crippen molar-refractivity contribution in [2.24, 2.45) is 0 Å². The summed E-state index contributed by atoms with van der Waals surface area (Å²) in [5, 5.41) is 0.585. The molecule has 19 heavy (non-hydrogen) atoms. The molecule has 0 fully saturated rings. The molecule has 0 aliphatic heterocycles. The van der Waals surface area contributed by atoms with Crippen LogP contribution in [0.4, 0.5) is 10.3 Å². The third kappa shape index (κ3) is 2.09. The molecule has 0 radical (unpaired) electrons. The molecule has 0 saturated heterocycles. The molecule has 0 saturated carbocycles. The number of rotatable bonds is 1. The van der Waals surface area contributed by atoms with Gasteiger partial charge in [0.1, 0.15) is 5.82 Å². The van der Waals surface area contributed by atoms with Crippen molar-refractivity contribution in [2.45, 2.75) is 0 Å². The van der Waals surface area contributed by atoms with E-state index in [-0.39, 0.29) is 11.8 Å². The highest BCUT2D eigenvalue weighted by atomic mass is 79.9. The second kappa shape index (κ2) is 4.51. The molecule has 0 atom stereocenters. The van der Waals surface area contributed by atoms with E-state index in [2.05, 4.69) is 20.9 Å². The smallest absolute Gasteiger partial charge is 0.205 e. The van der Waals surface area contributed by atoms with Gasteiger partial charge in [0, 0.05) is 15.6 Å². The molecule has 96 valence electrons. The molecule has 6 heteroatoms. The zero-order valence-electron chi connectivity index (χ0n) is 9.57. The molecule has 0 spiro atoms. The van der Waals surface area contributed by atoms with Crippen molar-refractivity contribution in [1.82, 2.24) is 9.55 Å². The minimum atomic E-state index is -0.345. The maximum atomic E-state index is 13.2. The van der Waals surface area contributed by atoms with Crippen molar-refractivity contribution in [3.05, 3.63) is 51.7 Å². The number of nitrogen functional groups attached to an aromatic ring is 1. The molecule has 0 bridgehead atoms. The second-order valence-corrected chi connectivity index (χ2v) is 5.32. The van der Waals surface area contributed by atoms with Gasteiger partial charge in [0.15, 0.2) is 0 Å². The van der Waals surface area contributed by atoms with E-state index in [0.29, 0.717) is 10.5 Å². The van der Waals surface area contributed by atoms with E-state index in [0.717, 1.165) is 15.7 Å². The Balaban J connectivity index is 2.36. The Morgan fingerprint density at radius 1 is 1.21 bits per heavy atom. The number of aromatic nitrogens is 2. The van der Waals surface area contributed by atoms with Crippen LogP contribution < -0.4 is 5.73 Å². The zero-order chi connectivity index (χ0) is 13.6. The van der Waals surface area contributed by atoms with Crippen LogP contribution in [0.2, 0.25) is 5.02 Å². The fraction of sp³-hybridized carbons (Fsp3) is 0. The Bertz CT molecular complexity index is 785. The Morgan fingerprint density at radius 2 is 2.00 bits per heavy atom. The molecular formula is C13H8BrClFN3. The van der Waals surface area contributed by atoms with Crippen molar-refractivity contribution in [3.63, 3.8) is 0 Å². The summed E-state index contributed by atoms with van der Waals surface area (Å²) in [6.45, 7) is 0. The van der Waals surface area contributed by atoms with Gasteiger partial charge in [0.2, 0.25) is 5.95 Å². The van der Waals surface area contributed by atoms with E-state index in [1.807, 2.05) is 6.07 Å². The van der Waals surface area contributed by atoms with Crippen molar-refractivity contribution < 1.29 is 4.39 Å². The Labute approximate surface area is 121 Å². The first-order chi connectivity index (χ1) is 9.06. The summed E-state index contributed by atoms with van der Waals surface area (Å²) in [5.74, 6) is -0.0640. The lowest BCUT2D eigenvalue weighted by molar-refractivity contribution is 0.629. The number of hydrogen-bond acceptors (Lipinski definition) is 2. The molecule has 1 aromatic heterocycles. The number of hydrogen-bond donors (Lipinski definition) is 1. The summed E-state index contributed by atoms with van der Waals surface area (Å²) in [7, 11) is 0. The normalized spacial score (nSPS) is 11.1. The summed E-state index contributed by atoms with van der Waals surface area (Å²) in [4.78, 5) is 4.16. The van der Waals surface area contributed by atoms with Crippen LogP contribution in [-0.2, 0) is 0 Å². The maximum absolute atomic E-state index is 13.2. The van der Waals surface area contributed by atoms with Crippen molar-refractivity contribution in [3.8, 4) is 5.69 Å². The van der Waals surface area contributed by atoms with Crippen LogP contribution in [0.25, 0.3) is 16.7 Å². The minimum absolute atomic E-state index is 0.281. The van der Waals surface area contributed by atoms with Gasteiger partial charge in [-0.1, -0.05) is 11.6 Å². The van der Waals surface area contributed by atoms with E-state index in [1.165, 1.54) is 12.1 Å². The minimum Gasteiger partial charge on any atom is -0.369 e. The van der Waals surface area contributed by atoms with Gasteiger partial charge in [-0.15, -0.1) is 0 Å². The largest absolute Gasteiger partial charge is 0.369 e. The topological polar surface area (TPSA) is 43.8 Å². The van der Waals surface area contributed by atoms with Crippen molar-refractivity contribution in [2.75, 3.05) is 5.73 Å². The van der Waals surface area contributed by atoms with Crippen molar-refractivity contribution in [1.29, 1.82) is 0 Å². The summed E-state index contributed by atoms with van der Waals surface area (Å²) in [6.07, 6.45) is 0. The lowest BCUT2D eigenvalue weighted by Gasteiger charge is -2.09. The molecule has 3 nitrogen and oxygen atoms in total. The quantitative estimate of drug-likeness (QED) is 0.723. The van der Waals surface area contributed by atoms with E-state index in [1.54, 1.807) is 22.8 Å². The average molecular weight is 341 g/mol. The summed E-state index contributed by atoms with van der Waals surface area (Å²) in [5.41, 5.74) is 7.91. The third-order valence-electron chi connectivity index (χ3n) is 2.79. The van der Waals surface area contributed by atoms with Crippen LogP contribution in [0.1, 0.15) is 0 Å². The highest BCUT2D eigenvalue weighted by Gasteiger charge is 2.13. The van der Waals surface area contributed by atoms with Gasteiger partial charge in [-0.3, -0.25) is 4.57 Å². The summed E-state index contributed by atoms with van der Waals surface area (Å²) >= 11 is 9.46. The molecule has 0 unspecified atom stereocenters. The molecular weight excluding hydrogens is 333 g/mol. The Hall–Kier alpha value is -1.59. The molecule has 3 rings (SSSR count). The predicted molar refractivity (Wildman–Crippen MR) is 78.2 cm³/mol. The summed E-state index contributed by atoms with van der Waals surface area (Å²) in [6, 6.07) is 9.73. The molecule has 0 aliphatic carbocycles. The number of halogens is 3. The zero-order valence-corrected chi connectivity index (χ0v) is 11.9. The predicted octanol–water partition coefficient (Wildman–Crippen LogP) is 4.16. The van der Waals surface area contributed by atoms with Gasteiger partial charge in [0.25, 0.3) is 0 Å². The fourth-order valence-corrected chi connectivity index (χ4v) is 2.57. The van der Waals surface area contributed by atoms with Gasteiger partial charge in [-0.2, -0.15) is 0 Å². The monoisotopic (exact) mass is 339 g/mol. The van der Waals surface area contributed by atoms with E-state index in [9.17, 15) is 4.39 Å². The fourth-order valence-electron chi connectivity index (χ4n) is 1.98. The number of benzene rings is 2. The SMILES string of the molecule is Nc1nc2cc(F)ccc2n1-c1cc(Cl)ccc1Br. The van der Waals surface area contributed by atoms with E-state index >= 15 is 0 Å². The summed E-state index contributed by atoms with van der Waals surface area (Å²) < 4.78 is 15.8. The lowest BCUT2D eigenvalue weighted by Crippen LogP contribution is -2.01. The van der Waals surface area contributed by atoms with Crippen LogP contribution in [-0.4, -0.2) is 9.55 Å². The molecule has 0 aliphatic rings. The third-order valence-corrected chi connectivity index (χ3v) is 3.70. The lowest BCUT2D eigenvalue weighted by atomic mass is 10.2. The number of anilines is 1. The van der Waals surface area contributed by atoms with Crippen molar-refractivity contribution >= 4 is 44.5 Å². The highest BCUT2D eigenvalue weighted by Crippen LogP contribution is 2.30. The number of nitrogens with zero attached hydrogens (tertiary/aromatic N) is 2. The van der Waals surface area contributed by atoms with Crippen LogP contribution in [0, 0.1) is 5.82 Å².